The van der Waals surface area contributed by atoms with Crippen LogP contribution in [-0.4, -0.2) is 180 Å². The number of amides is 2. The molecule has 0 aromatic heterocycles. The minimum Gasteiger partial charge on any atom is -0.481 e. The number of carboxylic acid groups (broad SMARTS) is 1. The van der Waals surface area contributed by atoms with Gasteiger partial charge < -0.3 is 63.4 Å². The molecule has 3 fully saturated rings. The van der Waals surface area contributed by atoms with Crippen LogP contribution in [0.3, 0.4) is 0 Å². The number of phosphoric ester groups is 1. The largest absolute Gasteiger partial charge is 0.481 e. The molecule has 1 aliphatic heterocycles. The SMILES string of the molecule is CC(=O)O[C@H]1C(=O)[C@]2(C)[C@@H](OC(=O)CCC(=O)Cc3ccc(CCCCCCCCCCCCCCCCCCOP(=O)(O)OCC[N+](C)(C)C)cc3)C[C@H]3OC[C@@]3(OC(C)=O)[C@H]2[C@H](OC(=O)c2ccccc2)[C@]2(O)C[C@H](OC(=O)[C@H](OC(=O)CCC(=O)Nc3ccc(CCCCCCCCCCCCCCCCCCC(=O)O)cc3)[C@@H](NC(=O)c3ccccc3)c3ccccc3)C(C)=C1C2(C)C. The Morgan fingerprint density at radius 1 is 0.529 bits per heavy atom. The molecule has 4 aliphatic rings. The number of quaternary nitrogens is 1. The number of hydrogen-bond donors (Lipinski definition) is 5. The van der Waals surface area contributed by atoms with Crippen LogP contribution in [0.15, 0.2) is 151 Å². The highest BCUT2D eigenvalue weighted by Crippen LogP contribution is 2.65. The topological polar surface area (TPSA) is 373 Å². The van der Waals surface area contributed by atoms with Crippen molar-refractivity contribution in [2.75, 3.05) is 52.8 Å². The van der Waals surface area contributed by atoms with Crippen LogP contribution in [0.25, 0.3) is 0 Å². The van der Waals surface area contributed by atoms with E-state index in [1.54, 1.807) is 91.0 Å². The predicted molar refractivity (Wildman–Crippen MR) is 526 cm³/mol. The van der Waals surface area contributed by atoms with Crippen LogP contribution in [0.4, 0.5) is 5.69 Å². The van der Waals surface area contributed by atoms with Gasteiger partial charge in [-0.05, 0) is 122 Å². The Bertz CT molecular complexity index is 4790. The number of benzene rings is 5. The van der Waals surface area contributed by atoms with E-state index in [9.17, 15) is 52.9 Å². The first kappa shape index (κ1) is 112. The first-order valence-electron chi connectivity index (χ1n) is 50.9. The number of esters is 6. The number of carbonyl (C=O) groups excluding carboxylic acids is 10. The van der Waals surface area contributed by atoms with Crippen molar-refractivity contribution in [3.05, 3.63) is 184 Å². The molecular weight excluding hydrogens is 1780 g/mol. The molecule has 2 amide bonds. The van der Waals surface area contributed by atoms with E-state index in [1.165, 1.54) is 162 Å². The van der Waals surface area contributed by atoms with E-state index in [0.29, 0.717) is 16.7 Å². The zero-order chi connectivity index (χ0) is 99.7. The summed E-state index contributed by atoms with van der Waals surface area (Å²) in [4.78, 5) is 168. The van der Waals surface area contributed by atoms with Gasteiger partial charge in [-0.3, -0.25) is 52.2 Å². The number of hydrogen-bond acceptors (Lipinski definition) is 22. The van der Waals surface area contributed by atoms with Crippen molar-refractivity contribution < 1.29 is 119 Å². The molecule has 27 nitrogen and oxygen atoms in total. The Kier molecular flexibility index (Phi) is 45.6. The maximum atomic E-state index is 16.9. The lowest BCUT2D eigenvalue weighted by atomic mass is 9.44. The molecule has 1 saturated heterocycles. The average molecular weight is 1930 g/mol. The molecule has 2 bridgehead atoms. The third-order valence-corrected chi connectivity index (χ3v) is 29.0. The average Bonchev–Trinajstić information content (AvgIpc) is 0.665. The summed E-state index contributed by atoms with van der Waals surface area (Å²) in [6.07, 6.45) is 25.3. The third-order valence-electron chi connectivity index (χ3n) is 28.0. The van der Waals surface area contributed by atoms with Crippen molar-refractivity contribution in [2.45, 2.75) is 365 Å². The molecule has 758 valence electrons. The van der Waals surface area contributed by atoms with Gasteiger partial charge in [0.25, 0.3) is 5.91 Å². The quantitative estimate of drug-likeness (QED) is 0.00603. The van der Waals surface area contributed by atoms with Crippen LogP contribution in [-0.2, 0) is 109 Å². The molecule has 0 spiro atoms. The Morgan fingerprint density at radius 2 is 1.00 bits per heavy atom. The van der Waals surface area contributed by atoms with E-state index in [4.69, 9.17) is 47.3 Å². The van der Waals surface area contributed by atoms with Crippen molar-refractivity contribution in [1.29, 1.82) is 0 Å². The summed E-state index contributed by atoms with van der Waals surface area (Å²) >= 11 is 0. The standard InChI is InChI=1S/C110H154N3O24P/c1-79-90(133-106(125)100(98(85-53-43-38-44-54-85)112-104(123)86-55-45-39-46-56-86)135-96(121)71-69-93(117)111-88-66-64-83(65-67-88)52-42-35-31-27-23-19-14-10-11-16-20-24-28-32-36-49-59-94(118)119)77-110(126)103(136-105(124)87-57-47-40-48-58-87)101-108(6,102(122)99(132-80(2)114)97(79)107(110,4)5)91(76-92-109(101,78-129-92)137-81(3)115)134-95(120)70-68-89(116)75-84-62-60-82(61-63-84)51-41-34-30-26-22-18-15-12-13-17-21-25-29-33-37-50-73-130-138(127,128)131-74-72-113(7,8)9/h38-40,43-48,53-58,60-67,90-92,98-101,103,126H,10-37,41-42,49-52,59,68-78H2,1-9H3,(H3-,111,112,117,118,119,123,127,128)/p+1/t90-,91-,92+,98-,99+,100+,101-,103-,108+,109-,110+/m0/s1. The lowest BCUT2D eigenvalue weighted by Gasteiger charge is -2.67. The van der Waals surface area contributed by atoms with E-state index in [1.807, 2.05) is 57.5 Å². The summed E-state index contributed by atoms with van der Waals surface area (Å²) < 4.78 is 67.9. The van der Waals surface area contributed by atoms with Crippen molar-refractivity contribution >= 4 is 78.7 Å². The van der Waals surface area contributed by atoms with Crippen molar-refractivity contribution in [3.8, 4) is 0 Å². The number of rotatable bonds is 64. The molecule has 5 N–H and O–H groups in total. The number of ketones is 2. The Hall–Kier alpha value is -9.60. The fourth-order valence-electron chi connectivity index (χ4n) is 20.1. The number of carbonyl (C=O) groups is 11. The number of aliphatic hydroxyl groups is 1. The number of likely N-dealkylation sites (N-methyl/N-ethyl adjacent to an activating group) is 1. The number of Topliss-reactive ketones (excluding diaryl/α,β-unsaturated/α-hetero) is 2. The van der Waals surface area contributed by atoms with Gasteiger partial charge in [0.2, 0.25) is 12.0 Å². The predicted octanol–water partition coefficient (Wildman–Crippen LogP) is 20.7. The van der Waals surface area contributed by atoms with Crippen LogP contribution < -0.4 is 10.6 Å². The van der Waals surface area contributed by atoms with Crippen LogP contribution in [0.1, 0.15) is 341 Å². The van der Waals surface area contributed by atoms with E-state index in [2.05, 4.69) is 10.6 Å². The van der Waals surface area contributed by atoms with Gasteiger partial charge >= 0.3 is 49.6 Å². The van der Waals surface area contributed by atoms with Gasteiger partial charge in [-0.25, -0.2) is 14.2 Å². The van der Waals surface area contributed by atoms with E-state index < -0.39 is 170 Å². The van der Waals surface area contributed by atoms with Crippen molar-refractivity contribution in [1.82, 2.24) is 5.32 Å². The monoisotopic (exact) mass is 1930 g/mol. The molecular formula is C110H155N3O24P+. The lowest BCUT2D eigenvalue weighted by Crippen LogP contribution is -2.82. The smallest absolute Gasteiger partial charge is 0.472 e. The third kappa shape index (κ3) is 34.7. The zero-order valence-corrected chi connectivity index (χ0v) is 84.1. The highest BCUT2D eigenvalue weighted by Gasteiger charge is 2.79. The summed E-state index contributed by atoms with van der Waals surface area (Å²) in [7, 11) is 1.97. The number of fused-ring (bicyclic) bond motifs is 5. The van der Waals surface area contributed by atoms with Crippen molar-refractivity contribution in [3.63, 3.8) is 0 Å². The summed E-state index contributed by atoms with van der Waals surface area (Å²) in [5.41, 5.74) is -5.01. The number of nitrogens with one attached hydrogen (secondary N) is 2. The van der Waals surface area contributed by atoms with Crippen molar-refractivity contribution in [2.24, 2.45) is 16.7 Å². The number of aliphatic carboxylic acids is 1. The number of ether oxygens (including phenoxy) is 7. The molecule has 1 unspecified atom stereocenters. The molecule has 9 rings (SSSR count). The van der Waals surface area contributed by atoms with Gasteiger partial charge in [0, 0.05) is 69.0 Å². The number of aryl methyl sites for hydroxylation is 2. The summed E-state index contributed by atoms with van der Waals surface area (Å²) in [6.45, 7) is 8.72. The Labute approximate surface area is 817 Å². The molecule has 2 saturated carbocycles. The highest BCUT2D eigenvalue weighted by atomic mass is 31.2. The Balaban J connectivity index is 0.839. The number of anilines is 1. The number of nitrogens with zero attached hydrogens (tertiary/aromatic N) is 1. The van der Waals surface area contributed by atoms with E-state index >= 15 is 14.4 Å². The molecule has 5 aromatic carbocycles. The summed E-state index contributed by atoms with van der Waals surface area (Å²) in [6, 6.07) is 37.8. The van der Waals surface area contributed by atoms with Crippen LogP contribution in [0.5, 0.6) is 0 Å². The number of carboxylic acids is 1. The minimum atomic E-state index is -4.00. The van der Waals surface area contributed by atoms with Gasteiger partial charge in [-0.15, -0.1) is 0 Å². The second kappa shape index (κ2) is 56.1. The van der Waals surface area contributed by atoms with Crippen LogP contribution >= 0.6 is 7.82 Å². The van der Waals surface area contributed by atoms with Gasteiger partial charge in [0.15, 0.2) is 17.5 Å². The van der Waals surface area contributed by atoms with Gasteiger partial charge in [0.1, 0.15) is 55.0 Å². The molecule has 0 radical (unpaired) electrons. The fraction of sp³-hybridized carbons (Fsp3) is 0.609. The second-order valence-corrected chi connectivity index (χ2v) is 41.6. The first-order valence-corrected chi connectivity index (χ1v) is 52.4. The Morgan fingerprint density at radius 3 is 1.49 bits per heavy atom. The molecule has 12 atom stereocenters. The molecule has 5 aromatic rings. The normalized spacial score (nSPS) is 21.2. The minimum absolute atomic E-state index is 0.00926. The molecule has 1 heterocycles. The summed E-state index contributed by atoms with van der Waals surface area (Å²) in [5.74, 6) is -11.2. The van der Waals surface area contributed by atoms with Gasteiger partial charge in [-0.2, -0.15) is 0 Å². The van der Waals surface area contributed by atoms with Gasteiger partial charge in [-0.1, -0.05) is 297 Å². The maximum absolute atomic E-state index is 16.9. The maximum Gasteiger partial charge on any atom is 0.472 e. The lowest BCUT2D eigenvalue weighted by molar-refractivity contribution is -0.870. The fourth-order valence-corrected chi connectivity index (χ4v) is 20.8. The first-order chi connectivity index (χ1) is 66.0. The van der Waals surface area contributed by atoms with E-state index in [-0.39, 0.29) is 72.5 Å². The molecule has 138 heavy (non-hydrogen) atoms. The van der Waals surface area contributed by atoms with Crippen LogP contribution in [0, 0.1) is 16.7 Å². The molecule has 3 aliphatic carbocycles. The second-order valence-electron chi connectivity index (χ2n) is 40.2. The molecule has 28 heteroatoms. The summed E-state index contributed by atoms with van der Waals surface area (Å²) in [5, 5.41) is 29.2. The number of unbranched alkanes of at least 4 members (excludes halogenated alkanes) is 30. The van der Waals surface area contributed by atoms with E-state index in [0.717, 1.165) is 127 Å². The van der Waals surface area contributed by atoms with Gasteiger partial charge in [0.05, 0.1) is 64.1 Å². The zero-order valence-electron chi connectivity index (χ0n) is 83.2. The highest BCUT2D eigenvalue weighted by molar-refractivity contribution is 7.47. The van der Waals surface area contributed by atoms with Crippen LogP contribution in [0.2, 0.25) is 0 Å². The number of phosphoric acid groups is 1.